The van der Waals surface area contributed by atoms with E-state index in [1.54, 1.807) is 17.5 Å². The Labute approximate surface area is 122 Å². The molecule has 0 aliphatic carbocycles. The second-order valence-corrected chi connectivity index (χ2v) is 6.40. The van der Waals surface area contributed by atoms with Gasteiger partial charge in [0.05, 0.1) is 0 Å². The van der Waals surface area contributed by atoms with E-state index >= 15 is 0 Å². The molecule has 0 bridgehead atoms. The summed E-state index contributed by atoms with van der Waals surface area (Å²) in [5.74, 6) is 0.801. The van der Waals surface area contributed by atoms with Crippen LogP contribution >= 0.6 is 23.6 Å². The van der Waals surface area contributed by atoms with Gasteiger partial charge in [0.25, 0.3) is 0 Å². The van der Waals surface area contributed by atoms with E-state index in [0.29, 0.717) is 4.99 Å². The van der Waals surface area contributed by atoms with Crippen LogP contribution in [-0.4, -0.2) is 16.5 Å². The fourth-order valence-corrected chi connectivity index (χ4v) is 2.72. The van der Waals surface area contributed by atoms with Crippen molar-refractivity contribution in [2.24, 2.45) is 5.73 Å². The molecule has 0 aromatic carbocycles. The van der Waals surface area contributed by atoms with E-state index < -0.39 is 0 Å². The lowest BCUT2D eigenvalue weighted by Crippen LogP contribution is -2.27. The van der Waals surface area contributed by atoms with Gasteiger partial charge in [-0.3, -0.25) is 0 Å². The van der Waals surface area contributed by atoms with Crippen LogP contribution < -0.4 is 11.1 Å². The van der Waals surface area contributed by atoms with Gasteiger partial charge in [-0.25, -0.2) is 4.98 Å². The molecule has 0 saturated carbocycles. The Bertz CT molecular complexity index is 562. The van der Waals surface area contributed by atoms with E-state index in [-0.39, 0.29) is 5.41 Å². The summed E-state index contributed by atoms with van der Waals surface area (Å²) in [4.78, 5) is 6.03. The van der Waals surface area contributed by atoms with Gasteiger partial charge in [0.1, 0.15) is 10.8 Å². The van der Waals surface area contributed by atoms with Gasteiger partial charge in [0, 0.05) is 28.6 Å². The van der Waals surface area contributed by atoms with Gasteiger partial charge < -0.3 is 11.1 Å². The lowest BCUT2D eigenvalue weighted by molar-refractivity contribution is 0.568. The Balaban J connectivity index is 2.06. The van der Waals surface area contributed by atoms with E-state index in [1.807, 2.05) is 12.1 Å². The van der Waals surface area contributed by atoms with Gasteiger partial charge in [-0.2, -0.15) is 0 Å². The highest BCUT2D eigenvalue weighted by Crippen LogP contribution is 2.27. The summed E-state index contributed by atoms with van der Waals surface area (Å²) in [7, 11) is 0. The molecule has 2 aromatic rings. The summed E-state index contributed by atoms with van der Waals surface area (Å²) in [6, 6.07) is 7.93. The highest BCUT2D eigenvalue weighted by Gasteiger charge is 2.21. The van der Waals surface area contributed by atoms with Crippen LogP contribution in [-0.2, 0) is 5.41 Å². The van der Waals surface area contributed by atoms with E-state index in [0.717, 1.165) is 17.9 Å². The van der Waals surface area contributed by atoms with Crippen LogP contribution in [0.25, 0.3) is 0 Å². The molecule has 0 aliphatic rings. The van der Waals surface area contributed by atoms with Gasteiger partial charge in [0.15, 0.2) is 0 Å². The Morgan fingerprint density at radius 3 is 2.89 bits per heavy atom. The number of thiophene rings is 1. The second-order valence-electron chi connectivity index (χ2n) is 5.01. The highest BCUT2D eigenvalue weighted by molar-refractivity contribution is 7.80. The van der Waals surface area contributed by atoms with Crippen molar-refractivity contribution < 1.29 is 0 Å². The van der Waals surface area contributed by atoms with E-state index in [9.17, 15) is 0 Å². The first kappa shape index (κ1) is 14.0. The average molecular weight is 291 g/mol. The van der Waals surface area contributed by atoms with Crippen molar-refractivity contribution in [2.75, 3.05) is 11.9 Å². The molecule has 0 atom stereocenters. The van der Waals surface area contributed by atoms with Gasteiger partial charge in [-0.05, 0) is 23.6 Å². The first-order valence-corrected chi connectivity index (χ1v) is 7.31. The van der Waals surface area contributed by atoms with Gasteiger partial charge in [-0.1, -0.05) is 32.1 Å². The summed E-state index contributed by atoms with van der Waals surface area (Å²) >= 11 is 6.74. The quantitative estimate of drug-likeness (QED) is 0.831. The van der Waals surface area contributed by atoms with Crippen molar-refractivity contribution in [2.45, 2.75) is 19.3 Å². The molecule has 19 heavy (non-hydrogen) atoms. The number of anilines is 1. The third-order valence-electron chi connectivity index (χ3n) is 2.94. The lowest BCUT2D eigenvalue weighted by atomic mass is 9.91. The Kier molecular flexibility index (Phi) is 4.17. The molecule has 0 fully saturated rings. The maximum atomic E-state index is 5.62. The summed E-state index contributed by atoms with van der Waals surface area (Å²) in [6.45, 7) is 5.23. The molecule has 0 unspecified atom stereocenters. The Morgan fingerprint density at radius 1 is 1.47 bits per heavy atom. The van der Waals surface area contributed by atoms with E-state index in [4.69, 9.17) is 18.0 Å². The van der Waals surface area contributed by atoms with Crippen LogP contribution in [0.3, 0.4) is 0 Å². The number of aromatic nitrogens is 1. The largest absolute Gasteiger partial charge is 0.389 e. The van der Waals surface area contributed by atoms with Crippen LogP contribution in [0.4, 0.5) is 5.82 Å². The monoisotopic (exact) mass is 291 g/mol. The number of thiocarbonyl (C=S) groups is 1. The molecule has 3 N–H and O–H groups in total. The molecular weight excluding hydrogens is 274 g/mol. The zero-order chi connectivity index (χ0) is 13.9. The Hall–Kier alpha value is -1.46. The van der Waals surface area contributed by atoms with Gasteiger partial charge in [-0.15, -0.1) is 11.3 Å². The molecule has 0 amide bonds. The van der Waals surface area contributed by atoms with Crippen LogP contribution in [0.2, 0.25) is 0 Å². The fourth-order valence-electron chi connectivity index (χ4n) is 1.74. The molecule has 5 heteroatoms. The zero-order valence-corrected chi connectivity index (χ0v) is 12.6. The van der Waals surface area contributed by atoms with Crippen LogP contribution in [0, 0.1) is 0 Å². The molecule has 0 radical (unpaired) electrons. The van der Waals surface area contributed by atoms with E-state index in [2.05, 4.69) is 41.7 Å². The molecule has 100 valence electrons. The van der Waals surface area contributed by atoms with Crippen LogP contribution in [0.1, 0.15) is 24.3 Å². The third-order valence-corrected chi connectivity index (χ3v) is 4.42. The number of nitrogens with one attached hydrogen (secondary N) is 1. The number of hydrogen-bond acceptors (Lipinski definition) is 4. The molecule has 2 heterocycles. The van der Waals surface area contributed by atoms with Gasteiger partial charge in [0.2, 0.25) is 0 Å². The second kappa shape index (κ2) is 5.67. The smallest absolute Gasteiger partial charge is 0.126 e. The molecule has 3 nitrogen and oxygen atoms in total. The molecule has 2 aromatic heterocycles. The van der Waals surface area contributed by atoms with Crippen molar-refractivity contribution >= 4 is 34.4 Å². The minimum absolute atomic E-state index is 0.0646. The third kappa shape index (κ3) is 3.52. The SMILES string of the molecule is CC(C)(CNc1cc(C(N)=S)ccn1)c1cccs1. The molecule has 2 rings (SSSR count). The molecule has 0 saturated heterocycles. The highest BCUT2D eigenvalue weighted by atomic mass is 32.1. The average Bonchev–Trinajstić information content (AvgIpc) is 2.91. The predicted octanol–water partition coefficient (Wildman–Crippen LogP) is 3.17. The molecule has 0 aliphatic heterocycles. The minimum atomic E-state index is 0.0646. The van der Waals surface area contributed by atoms with E-state index in [1.165, 1.54) is 4.88 Å². The predicted molar refractivity (Wildman–Crippen MR) is 86.0 cm³/mol. The normalized spacial score (nSPS) is 11.3. The van der Waals surface area contributed by atoms with Crippen LogP contribution in [0.15, 0.2) is 35.8 Å². The summed E-state index contributed by atoms with van der Waals surface area (Å²) in [5, 5.41) is 5.45. The number of pyridine rings is 1. The summed E-state index contributed by atoms with van der Waals surface area (Å²) < 4.78 is 0. The van der Waals surface area contributed by atoms with Crippen molar-refractivity contribution in [3.8, 4) is 0 Å². The van der Waals surface area contributed by atoms with Crippen LogP contribution in [0.5, 0.6) is 0 Å². The number of rotatable bonds is 5. The summed E-state index contributed by atoms with van der Waals surface area (Å²) in [5.41, 5.74) is 6.52. The van der Waals surface area contributed by atoms with Crippen molar-refractivity contribution in [3.63, 3.8) is 0 Å². The number of nitrogens with two attached hydrogens (primary N) is 1. The first-order chi connectivity index (χ1) is 8.99. The topological polar surface area (TPSA) is 50.9 Å². The van der Waals surface area contributed by atoms with Crippen molar-refractivity contribution in [3.05, 3.63) is 46.3 Å². The molecular formula is C14H17N3S2. The first-order valence-electron chi connectivity index (χ1n) is 6.03. The zero-order valence-electron chi connectivity index (χ0n) is 11.0. The maximum Gasteiger partial charge on any atom is 0.126 e. The Morgan fingerprint density at radius 2 is 2.26 bits per heavy atom. The van der Waals surface area contributed by atoms with Crippen molar-refractivity contribution in [1.82, 2.24) is 4.98 Å². The fraction of sp³-hybridized carbons (Fsp3) is 0.286. The molecule has 0 spiro atoms. The number of nitrogens with zero attached hydrogens (tertiary/aromatic N) is 1. The van der Waals surface area contributed by atoms with Gasteiger partial charge >= 0.3 is 0 Å². The summed E-state index contributed by atoms with van der Waals surface area (Å²) in [6.07, 6.45) is 1.72. The number of hydrogen-bond donors (Lipinski definition) is 2. The maximum absolute atomic E-state index is 5.62. The standard InChI is InChI=1S/C14H17N3S2/c1-14(2,11-4-3-7-19-11)9-17-12-8-10(13(15)18)5-6-16-12/h3-8H,9H2,1-2H3,(H2,15,18)(H,16,17). The lowest BCUT2D eigenvalue weighted by Gasteiger charge is -2.24. The minimum Gasteiger partial charge on any atom is -0.389 e. The van der Waals surface area contributed by atoms with Crippen molar-refractivity contribution in [1.29, 1.82) is 0 Å².